The summed E-state index contributed by atoms with van der Waals surface area (Å²) in [7, 11) is -1.02. The van der Waals surface area contributed by atoms with E-state index >= 15 is 0 Å². The number of benzene rings is 1. The SMILES string of the molecule is CC1=[C-]C(C)(C)C(C)=C1C.CCCC[Si]1(C2[C-]=Cc3ccccc32)CCC1.[Cl-].[Cl-].[Ti+4]. The molecule has 1 aromatic rings. The van der Waals surface area contributed by atoms with Crippen LogP contribution in [-0.4, -0.2) is 8.07 Å². The Bertz CT molecular complexity index is 788. The molecule has 0 bridgehead atoms. The van der Waals surface area contributed by atoms with Crippen LogP contribution in [-0.2, 0) is 21.7 Å². The molecule has 1 aliphatic heterocycles. The molecular weight excluding hydrogens is 459 g/mol. The van der Waals surface area contributed by atoms with Crippen LogP contribution in [0.25, 0.3) is 6.08 Å². The van der Waals surface area contributed by atoms with Gasteiger partial charge in [-0.25, -0.2) is 11.6 Å². The van der Waals surface area contributed by atoms with Gasteiger partial charge < -0.3 is 24.8 Å². The molecule has 0 saturated carbocycles. The molecule has 4 rings (SSSR count). The minimum atomic E-state index is -1.02. The van der Waals surface area contributed by atoms with Gasteiger partial charge in [-0.2, -0.15) is 16.7 Å². The van der Waals surface area contributed by atoms with Crippen molar-refractivity contribution in [3.8, 4) is 0 Å². The Kier molecular flexibility index (Phi) is 12.2. The summed E-state index contributed by atoms with van der Waals surface area (Å²) < 4.78 is 0. The predicted molar refractivity (Wildman–Crippen MR) is 121 cm³/mol. The smallest absolute Gasteiger partial charge is 1.00 e. The van der Waals surface area contributed by atoms with Crippen molar-refractivity contribution in [3.05, 3.63) is 64.3 Å². The molecule has 1 aromatic carbocycles. The monoisotopic (exact) mass is 494 g/mol. The summed E-state index contributed by atoms with van der Waals surface area (Å²) in [5, 5.41) is 0. The first kappa shape index (κ1) is 30.0. The van der Waals surface area contributed by atoms with Crippen molar-refractivity contribution in [1.82, 2.24) is 0 Å². The summed E-state index contributed by atoms with van der Waals surface area (Å²) in [6.07, 6.45) is 13.7. The minimum Gasteiger partial charge on any atom is -1.00 e. The first-order valence-corrected chi connectivity index (χ1v) is 13.5. The van der Waals surface area contributed by atoms with Crippen LogP contribution in [0.15, 0.2) is 41.0 Å². The van der Waals surface area contributed by atoms with Crippen LogP contribution in [0.1, 0.15) is 77.5 Å². The van der Waals surface area contributed by atoms with Crippen molar-refractivity contribution in [2.45, 2.75) is 84.5 Å². The third kappa shape index (κ3) is 6.05. The molecule has 0 nitrogen and oxygen atoms in total. The van der Waals surface area contributed by atoms with Crippen LogP contribution < -0.4 is 24.8 Å². The van der Waals surface area contributed by atoms with E-state index in [2.05, 4.69) is 84.0 Å². The number of fused-ring (bicyclic) bond motifs is 1. The molecule has 3 aliphatic rings. The van der Waals surface area contributed by atoms with Crippen LogP contribution in [0.3, 0.4) is 0 Å². The van der Waals surface area contributed by atoms with E-state index in [9.17, 15) is 0 Å². The van der Waals surface area contributed by atoms with E-state index in [1.807, 2.05) is 0 Å². The van der Waals surface area contributed by atoms with E-state index in [4.69, 9.17) is 0 Å². The van der Waals surface area contributed by atoms with Crippen molar-refractivity contribution in [1.29, 1.82) is 0 Å². The zero-order valence-corrected chi connectivity index (χ0v) is 23.5. The van der Waals surface area contributed by atoms with Gasteiger partial charge in [0.1, 0.15) is 0 Å². The molecule has 0 N–H and O–H groups in total. The molecule has 30 heavy (non-hydrogen) atoms. The van der Waals surface area contributed by atoms with E-state index in [0.29, 0.717) is 0 Å². The van der Waals surface area contributed by atoms with Gasteiger partial charge >= 0.3 is 21.7 Å². The summed E-state index contributed by atoms with van der Waals surface area (Å²) in [6, 6.07) is 13.6. The molecule has 4 heteroatoms. The second kappa shape index (κ2) is 12.3. The Morgan fingerprint density at radius 3 is 2.13 bits per heavy atom. The van der Waals surface area contributed by atoms with E-state index in [1.54, 1.807) is 17.7 Å². The van der Waals surface area contributed by atoms with E-state index in [1.165, 1.54) is 47.6 Å². The summed E-state index contributed by atoms with van der Waals surface area (Å²) in [4.78, 5) is 0. The first-order valence-electron chi connectivity index (χ1n) is 10.8. The fourth-order valence-electron chi connectivity index (χ4n) is 4.92. The number of hydrogen-bond acceptors (Lipinski definition) is 0. The van der Waals surface area contributed by atoms with E-state index in [-0.39, 0.29) is 51.9 Å². The molecule has 162 valence electrons. The molecule has 0 radical (unpaired) electrons. The van der Waals surface area contributed by atoms with Crippen molar-refractivity contribution in [3.63, 3.8) is 0 Å². The standard InChI is InChI=1S/C16H21Si.C10H15.2ClH.Ti/c1-2-3-11-17(12-6-13-17)16-10-9-14-7-4-5-8-15(14)16;1-7-6-10(4,5)9(3)8(7)2;;;/h4-5,7-9,16H,2-3,6,11-13H2,1H3;1-5H3;2*1H;/q2*-1;;;+4/p-2. The molecule has 2 aliphatic carbocycles. The topological polar surface area (TPSA) is 0 Å². The van der Waals surface area contributed by atoms with Gasteiger partial charge in [0.25, 0.3) is 0 Å². The molecule has 1 unspecified atom stereocenters. The molecule has 0 spiro atoms. The van der Waals surface area contributed by atoms with E-state index < -0.39 is 8.07 Å². The summed E-state index contributed by atoms with van der Waals surface area (Å²) in [6.45, 7) is 13.2. The normalized spacial score (nSPS) is 21.7. The van der Waals surface area contributed by atoms with Crippen molar-refractivity contribution >= 4 is 14.1 Å². The fourth-order valence-corrected chi connectivity index (χ4v) is 9.97. The van der Waals surface area contributed by atoms with Gasteiger partial charge in [-0.15, -0.1) is 18.6 Å². The largest absolute Gasteiger partial charge is 4.00 e. The maximum absolute atomic E-state index is 3.71. The van der Waals surface area contributed by atoms with Crippen molar-refractivity contribution in [2.75, 3.05) is 0 Å². The Hall–Kier alpha value is -0.0488. The van der Waals surface area contributed by atoms with Crippen LogP contribution >= 0.6 is 0 Å². The second-order valence-electron chi connectivity index (χ2n) is 9.32. The number of allylic oxidation sites excluding steroid dienone is 5. The molecule has 0 amide bonds. The zero-order valence-electron chi connectivity index (χ0n) is 19.5. The van der Waals surface area contributed by atoms with E-state index in [0.717, 1.165) is 5.54 Å². The van der Waals surface area contributed by atoms with Crippen LogP contribution in [0.2, 0.25) is 18.1 Å². The van der Waals surface area contributed by atoms with Gasteiger partial charge in [-0.05, 0) is 0 Å². The van der Waals surface area contributed by atoms with Gasteiger partial charge in [0.15, 0.2) is 0 Å². The number of hydrogen-bond donors (Lipinski definition) is 0. The Labute approximate surface area is 213 Å². The molecule has 1 saturated heterocycles. The predicted octanol–water partition coefficient (Wildman–Crippen LogP) is 1.91. The first-order chi connectivity index (χ1) is 12.8. The third-order valence-corrected chi connectivity index (χ3v) is 13.0. The summed E-state index contributed by atoms with van der Waals surface area (Å²) in [5.74, 6) is 0. The van der Waals surface area contributed by atoms with Crippen LogP contribution in [0.4, 0.5) is 0 Å². The van der Waals surface area contributed by atoms with Gasteiger partial charge in [-0.3, -0.25) is 12.2 Å². The molecule has 1 heterocycles. The maximum Gasteiger partial charge on any atom is 4.00 e. The number of halogens is 2. The third-order valence-electron chi connectivity index (χ3n) is 7.26. The maximum atomic E-state index is 3.71. The number of unbranched alkanes of at least 4 members (excludes halogenated alkanes) is 1. The molecule has 1 fully saturated rings. The summed E-state index contributed by atoms with van der Waals surface area (Å²) >= 11 is 0. The summed E-state index contributed by atoms with van der Waals surface area (Å²) in [5.41, 5.74) is 8.15. The Morgan fingerprint density at radius 1 is 1.07 bits per heavy atom. The van der Waals surface area contributed by atoms with Crippen LogP contribution in [0.5, 0.6) is 0 Å². The Balaban J connectivity index is 0.000000569. The zero-order chi connectivity index (χ0) is 19.7. The molecule has 0 aromatic heterocycles. The van der Waals surface area contributed by atoms with Crippen molar-refractivity contribution < 1.29 is 46.5 Å². The van der Waals surface area contributed by atoms with Gasteiger partial charge in [0.2, 0.25) is 0 Å². The van der Waals surface area contributed by atoms with Crippen LogP contribution in [0, 0.1) is 17.6 Å². The van der Waals surface area contributed by atoms with Gasteiger partial charge in [-0.1, -0.05) is 101 Å². The number of rotatable bonds is 4. The van der Waals surface area contributed by atoms with Gasteiger partial charge in [0.05, 0.1) is 0 Å². The molecule has 1 atom stereocenters. The molecular formula is C26H36Cl2SiTi. The van der Waals surface area contributed by atoms with Crippen molar-refractivity contribution in [2.24, 2.45) is 5.41 Å². The average molecular weight is 495 g/mol. The fraction of sp³-hybridized carbons (Fsp3) is 0.538. The average Bonchev–Trinajstić information content (AvgIpc) is 3.11. The quantitative estimate of drug-likeness (QED) is 0.443. The minimum absolute atomic E-state index is 0. The second-order valence-corrected chi connectivity index (χ2v) is 14.1. The van der Waals surface area contributed by atoms with Gasteiger partial charge in [0, 0.05) is 8.07 Å². The Morgan fingerprint density at radius 2 is 1.70 bits per heavy atom.